The van der Waals surface area contributed by atoms with E-state index >= 15 is 0 Å². The maximum absolute atomic E-state index is 12.7. The molecule has 0 aliphatic carbocycles. The Morgan fingerprint density at radius 1 is 1.24 bits per heavy atom. The zero-order valence-electron chi connectivity index (χ0n) is 11.6. The van der Waals surface area contributed by atoms with Crippen LogP contribution in [0.4, 0.5) is 17.1 Å². The first-order valence-electron chi connectivity index (χ1n) is 6.63. The summed E-state index contributed by atoms with van der Waals surface area (Å²) in [6.07, 6.45) is 0. The van der Waals surface area contributed by atoms with Crippen LogP contribution in [-0.2, 0) is 4.79 Å². The van der Waals surface area contributed by atoms with Crippen LogP contribution < -0.4 is 16.0 Å². The summed E-state index contributed by atoms with van der Waals surface area (Å²) in [4.78, 5) is 25.9. The number of nitrogens with zero attached hydrogens (tertiary/aromatic N) is 1. The van der Waals surface area contributed by atoms with Crippen LogP contribution >= 0.6 is 0 Å². The summed E-state index contributed by atoms with van der Waals surface area (Å²) >= 11 is 0. The van der Waals surface area contributed by atoms with E-state index in [4.69, 9.17) is 5.73 Å². The lowest BCUT2D eigenvalue weighted by molar-refractivity contribution is -0.115. The number of nitrogens with two attached hydrogens (primary N) is 1. The molecule has 0 atom stereocenters. The third kappa shape index (κ3) is 2.33. The number of rotatable bonds is 1. The van der Waals surface area contributed by atoms with Gasteiger partial charge < -0.3 is 11.1 Å². The van der Waals surface area contributed by atoms with Crippen LogP contribution in [0.15, 0.2) is 42.5 Å². The Bertz CT molecular complexity index is 740. The SMILES string of the molecule is Cc1ccc(C(=O)N2CC(=O)Nc3ccccc32)cc1N. The Morgan fingerprint density at radius 3 is 2.76 bits per heavy atom. The van der Waals surface area contributed by atoms with Crippen LogP contribution in [0.5, 0.6) is 0 Å². The van der Waals surface area contributed by atoms with Crippen molar-refractivity contribution in [1.29, 1.82) is 0 Å². The molecule has 5 heteroatoms. The summed E-state index contributed by atoms with van der Waals surface area (Å²) in [6.45, 7) is 1.89. The van der Waals surface area contributed by atoms with E-state index in [1.54, 1.807) is 24.3 Å². The zero-order valence-corrected chi connectivity index (χ0v) is 11.6. The molecule has 1 heterocycles. The number of carbonyl (C=O) groups is 2. The molecule has 1 aliphatic rings. The summed E-state index contributed by atoms with van der Waals surface area (Å²) in [5.41, 5.74) is 9.16. The fourth-order valence-corrected chi connectivity index (χ4v) is 2.34. The number of carbonyl (C=O) groups excluding carboxylic acids is 2. The fraction of sp³-hybridized carbons (Fsp3) is 0.125. The van der Waals surface area contributed by atoms with Gasteiger partial charge in [0.25, 0.3) is 5.91 Å². The van der Waals surface area contributed by atoms with Crippen molar-refractivity contribution in [2.24, 2.45) is 0 Å². The van der Waals surface area contributed by atoms with Gasteiger partial charge in [0.15, 0.2) is 0 Å². The second-order valence-corrected chi connectivity index (χ2v) is 5.03. The first-order chi connectivity index (χ1) is 10.1. The van der Waals surface area contributed by atoms with Crippen LogP contribution in [0.3, 0.4) is 0 Å². The van der Waals surface area contributed by atoms with E-state index in [1.165, 1.54) is 4.90 Å². The third-order valence-electron chi connectivity index (χ3n) is 3.54. The van der Waals surface area contributed by atoms with E-state index in [2.05, 4.69) is 5.32 Å². The molecule has 2 aromatic carbocycles. The van der Waals surface area contributed by atoms with Crippen molar-refractivity contribution in [3.05, 3.63) is 53.6 Å². The second kappa shape index (κ2) is 4.94. The molecule has 21 heavy (non-hydrogen) atoms. The van der Waals surface area contributed by atoms with Crippen LogP contribution in [0.2, 0.25) is 0 Å². The molecular formula is C16H15N3O2. The quantitative estimate of drug-likeness (QED) is 0.787. The van der Waals surface area contributed by atoms with Gasteiger partial charge in [-0.05, 0) is 36.8 Å². The molecular weight excluding hydrogens is 266 g/mol. The Balaban J connectivity index is 2.01. The maximum atomic E-state index is 12.7. The van der Waals surface area contributed by atoms with E-state index in [0.29, 0.717) is 22.6 Å². The van der Waals surface area contributed by atoms with Gasteiger partial charge in [0.05, 0.1) is 11.4 Å². The molecule has 0 radical (unpaired) electrons. The summed E-state index contributed by atoms with van der Waals surface area (Å²) in [5, 5.41) is 2.76. The highest BCUT2D eigenvalue weighted by Gasteiger charge is 2.27. The molecule has 1 aliphatic heterocycles. The minimum atomic E-state index is -0.232. The van der Waals surface area contributed by atoms with Crippen molar-refractivity contribution in [2.75, 3.05) is 22.5 Å². The van der Waals surface area contributed by atoms with Gasteiger partial charge in [0, 0.05) is 11.3 Å². The topological polar surface area (TPSA) is 75.4 Å². The van der Waals surface area contributed by atoms with E-state index in [1.807, 2.05) is 25.1 Å². The summed E-state index contributed by atoms with van der Waals surface area (Å²) in [6, 6.07) is 12.4. The highest BCUT2D eigenvalue weighted by atomic mass is 16.2. The molecule has 3 rings (SSSR count). The zero-order chi connectivity index (χ0) is 15.0. The van der Waals surface area contributed by atoms with Gasteiger partial charge in [-0.3, -0.25) is 14.5 Å². The predicted octanol–water partition coefficient (Wildman–Crippen LogP) is 2.18. The van der Waals surface area contributed by atoms with Crippen molar-refractivity contribution in [3.63, 3.8) is 0 Å². The highest BCUT2D eigenvalue weighted by molar-refractivity contribution is 6.15. The average molecular weight is 281 g/mol. The molecule has 0 spiro atoms. The molecule has 0 saturated carbocycles. The monoisotopic (exact) mass is 281 g/mol. The van der Waals surface area contributed by atoms with Gasteiger partial charge in [-0.15, -0.1) is 0 Å². The number of nitrogen functional groups attached to an aromatic ring is 1. The molecule has 0 fully saturated rings. The normalized spacial score (nSPS) is 13.6. The lowest BCUT2D eigenvalue weighted by Gasteiger charge is -2.29. The van der Waals surface area contributed by atoms with E-state index in [-0.39, 0.29) is 18.4 Å². The largest absolute Gasteiger partial charge is 0.398 e. The molecule has 106 valence electrons. The number of para-hydroxylation sites is 2. The first-order valence-corrected chi connectivity index (χ1v) is 6.63. The Kier molecular flexibility index (Phi) is 3.10. The van der Waals surface area contributed by atoms with Crippen molar-refractivity contribution < 1.29 is 9.59 Å². The lowest BCUT2D eigenvalue weighted by atomic mass is 10.1. The van der Waals surface area contributed by atoms with Crippen molar-refractivity contribution >= 4 is 28.9 Å². The molecule has 0 saturated heterocycles. The predicted molar refractivity (Wildman–Crippen MR) is 82.3 cm³/mol. The van der Waals surface area contributed by atoms with Crippen LogP contribution in [0.25, 0.3) is 0 Å². The molecule has 2 amide bonds. The summed E-state index contributed by atoms with van der Waals surface area (Å²) in [7, 11) is 0. The molecule has 0 unspecified atom stereocenters. The van der Waals surface area contributed by atoms with Gasteiger partial charge in [0.2, 0.25) is 5.91 Å². The molecule has 0 aromatic heterocycles. The van der Waals surface area contributed by atoms with Gasteiger partial charge in [0.1, 0.15) is 6.54 Å². The highest BCUT2D eigenvalue weighted by Crippen LogP contribution is 2.30. The fourth-order valence-electron chi connectivity index (χ4n) is 2.34. The molecule has 3 N–H and O–H groups in total. The number of nitrogens with one attached hydrogen (secondary N) is 1. The van der Waals surface area contributed by atoms with E-state index < -0.39 is 0 Å². The maximum Gasteiger partial charge on any atom is 0.258 e. The van der Waals surface area contributed by atoms with E-state index in [0.717, 1.165) is 5.56 Å². The van der Waals surface area contributed by atoms with Gasteiger partial charge >= 0.3 is 0 Å². The number of benzene rings is 2. The van der Waals surface area contributed by atoms with Crippen molar-refractivity contribution in [2.45, 2.75) is 6.92 Å². The lowest BCUT2D eigenvalue weighted by Crippen LogP contribution is -2.42. The minimum Gasteiger partial charge on any atom is -0.398 e. The van der Waals surface area contributed by atoms with Gasteiger partial charge in [-0.2, -0.15) is 0 Å². The standard InChI is InChI=1S/C16H15N3O2/c1-10-6-7-11(8-12(10)17)16(21)19-9-15(20)18-13-4-2-3-5-14(13)19/h2-8H,9,17H2,1H3,(H,18,20). The minimum absolute atomic E-state index is 0.00360. The van der Waals surface area contributed by atoms with Crippen LogP contribution in [0.1, 0.15) is 15.9 Å². The second-order valence-electron chi connectivity index (χ2n) is 5.03. The molecule has 5 nitrogen and oxygen atoms in total. The van der Waals surface area contributed by atoms with Crippen molar-refractivity contribution in [1.82, 2.24) is 0 Å². The summed E-state index contributed by atoms with van der Waals surface area (Å²) in [5.74, 6) is -0.439. The number of anilines is 3. The number of aryl methyl sites for hydroxylation is 1. The third-order valence-corrected chi connectivity index (χ3v) is 3.54. The number of amides is 2. The van der Waals surface area contributed by atoms with Crippen molar-refractivity contribution in [3.8, 4) is 0 Å². The van der Waals surface area contributed by atoms with Crippen LogP contribution in [-0.4, -0.2) is 18.4 Å². The average Bonchev–Trinajstić information content (AvgIpc) is 2.48. The van der Waals surface area contributed by atoms with Gasteiger partial charge in [-0.25, -0.2) is 0 Å². The number of hydrogen-bond acceptors (Lipinski definition) is 3. The first kappa shape index (κ1) is 13.2. The van der Waals surface area contributed by atoms with Crippen LogP contribution in [0, 0.1) is 6.92 Å². The summed E-state index contributed by atoms with van der Waals surface area (Å²) < 4.78 is 0. The smallest absolute Gasteiger partial charge is 0.258 e. The Labute approximate surface area is 122 Å². The Hall–Kier alpha value is -2.82. The molecule has 0 bridgehead atoms. The Morgan fingerprint density at radius 2 is 2.00 bits per heavy atom. The number of fused-ring (bicyclic) bond motifs is 1. The molecule has 2 aromatic rings. The van der Waals surface area contributed by atoms with Gasteiger partial charge in [-0.1, -0.05) is 18.2 Å². The number of hydrogen-bond donors (Lipinski definition) is 2. The van der Waals surface area contributed by atoms with E-state index in [9.17, 15) is 9.59 Å².